The van der Waals surface area contributed by atoms with Crippen molar-refractivity contribution in [2.75, 3.05) is 13.2 Å². The summed E-state index contributed by atoms with van der Waals surface area (Å²) in [6.45, 7) is 5.09. The van der Waals surface area contributed by atoms with Crippen LogP contribution in [0.25, 0.3) is 0 Å². The maximum absolute atomic E-state index is 9.20. The van der Waals surface area contributed by atoms with Gasteiger partial charge in [0.05, 0.1) is 0 Å². The molecule has 0 aromatic rings. The molecule has 0 aromatic heterocycles. The molecule has 2 atom stereocenters. The van der Waals surface area contributed by atoms with Gasteiger partial charge in [-0.1, -0.05) is 52.4 Å². The fourth-order valence-electron chi connectivity index (χ4n) is 2.69. The Morgan fingerprint density at radius 1 is 0.611 bits per heavy atom. The van der Waals surface area contributed by atoms with E-state index in [1.165, 1.54) is 64.2 Å². The van der Waals surface area contributed by atoms with Gasteiger partial charge in [-0.25, -0.2) is 0 Å². The van der Waals surface area contributed by atoms with Gasteiger partial charge in [-0.2, -0.15) is 0 Å². The average Bonchev–Trinajstić information content (AvgIpc) is 2.39. The third-order valence-corrected chi connectivity index (χ3v) is 3.88. The highest BCUT2D eigenvalue weighted by Gasteiger charge is 2.07. The molecule has 0 spiro atoms. The molecule has 2 N–H and O–H groups in total. The van der Waals surface area contributed by atoms with E-state index in [0.29, 0.717) is 25.0 Å². The zero-order valence-corrected chi connectivity index (χ0v) is 12.5. The van der Waals surface area contributed by atoms with Crippen LogP contribution < -0.4 is 0 Å². The highest BCUT2D eigenvalue weighted by Crippen LogP contribution is 2.18. The number of hydrogen-bond donors (Lipinski definition) is 2. The minimum absolute atomic E-state index is 0.358. The fourth-order valence-corrected chi connectivity index (χ4v) is 2.69. The molecule has 110 valence electrons. The van der Waals surface area contributed by atoms with Crippen LogP contribution in [0.15, 0.2) is 0 Å². The first-order chi connectivity index (χ1) is 8.78. The number of hydrogen-bond acceptors (Lipinski definition) is 2. The average molecular weight is 258 g/mol. The van der Waals surface area contributed by atoms with Gasteiger partial charge in [0, 0.05) is 13.2 Å². The van der Waals surface area contributed by atoms with Crippen molar-refractivity contribution in [3.63, 3.8) is 0 Å². The largest absolute Gasteiger partial charge is 0.396 e. The summed E-state index contributed by atoms with van der Waals surface area (Å²) in [6.07, 6.45) is 12.1. The molecule has 0 fully saturated rings. The number of rotatable bonds is 13. The highest BCUT2D eigenvalue weighted by molar-refractivity contribution is 4.60. The zero-order valence-electron chi connectivity index (χ0n) is 12.5. The molecule has 0 saturated heterocycles. The second kappa shape index (κ2) is 13.4. The van der Waals surface area contributed by atoms with Gasteiger partial charge in [0.25, 0.3) is 0 Å². The molecule has 0 heterocycles. The van der Waals surface area contributed by atoms with Crippen LogP contribution in [0.5, 0.6) is 0 Å². The van der Waals surface area contributed by atoms with Gasteiger partial charge in [0.2, 0.25) is 0 Å². The Hall–Kier alpha value is -0.0800. The van der Waals surface area contributed by atoms with E-state index < -0.39 is 0 Å². The molecule has 18 heavy (non-hydrogen) atoms. The molecular formula is C16H34O2. The van der Waals surface area contributed by atoms with Crippen molar-refractivity contribution in [1.82, 2.24) is 0 Å². The minimum Gasteiger partial charge on any atom is -0.396 e. The molecule has 2 unspecified atom stereocenters. The highest BCUT2D eigenvalue weighted by atomic mass is 16.3. The van der Waals surface area contributed by atoms with Crippen molar-refractivity contribution < 1.29 is 10.2 Å². The Morgan fingerprint density at radius 3 is 1.28 bits per heavy atom. The lowest BCUT2D eigenvalue weighted by molar-refractivity contribution is 0.202. The van der Waals surface area contributed by atoms with Gasteiger partial charge >= 0.3 is 0 Å². The number of aliphatic hydroxyl groups excluding tert-OH is 2. The van der Waals surface area contributed by atoms with Crippen LogP contribution in [0, 0.1) is 11.8 Å². The second-order valence-corrected chi connectivity index (χ2v) is 5.67. The van der Waals surface area contributed by atoms with Gasteiger partial charge in [-0.05, 0) is 37.5 Å². The molecule has 0 aliphatic carbocycles. The molecule has 0 amide bonds. The Bertz CT molecular complexity index is 141. The molecule has 0 saturated carbocycles. The Balaban J connectivity index is 3.38. The van der Waals surface area contributed by atoms with Gasteiger partial charge < -0.3 is 10.2 Å². The van der Waals surface area contributed by atoms with Gasteiger partial charge in [-0.3, -0.25) is 0 Å². The molecule has 0 rings (SSSR count). The van der Waals surface area contributed by atoms with Crippen LogP contribution >= 0.6 is 0 Å². The third-order valence-electron chi connectivity index (χ3n) is 3.88. The Morgan fingerprint density at radius 2 is 1.00 bits per heavy atom. The van der Waals surface area contributed by atoms with E-state index in [0.717, 1.165) is 0 Å². The second-order valence-electron chi connectivity index (χ2n) is 5.67. The van der Waals surface area contributed by atoms with Crippen molar-refractivity contribution in [3.8, 4) is 0 Å². The van der Waals surface area contributed by atoms with Crippen LogP contribution in [0.4, 0.5) is 0 Å². The molecule has 2 nitrogen and oxygen atoms in total. The third kappa shape index (κ3) is 9.90. The lowest BCUT2D eigenvalue weighted by Crippen LogP contribution is -2.06. The topological polar surface area (TPSA) is 40.5 Å². The van der Waals surface area contributed by atoms with Crippen LogP contribution in [-0.2, 0) is 0 Å². The van der Waals surface area contributed by atoms with E-state index in [4.69, 9.17) is 0 Å². The van der Waals surface area contributed by atoms with Crippen molar-refractivity contribution in [1.29, 1.82) is 0 Å². The summed E-state index contributed by atoms with van der Waals surface area (Å²) in [7, 11) is 0. The maximum Gasteiger partial charge on any atom is 0.0459 e. The minimum atomic E-state index is 0.358. The molecular weight excluding hydrogens is 224 g/mol. The lowest BCUT2D eigenvalue weighted by Gasteiger charge is -2.14. The lowest BCUT2D eigenvalue weighted by atomic mass is 9.94. The number of aliphatic hydroxyl groups is 2. The quantitative estimate of drug-likeness (QED) is 0.487. The van der Waals surface area contributed by atoms with Gasteiger partial charge in [0.15, 0.2) is 0 Å². The summed E-state index contributed by atoms with van der Waals surface area (Å²) in [5.41, 5.74) is 0. The molecule has 0 radical (unpaired) electrons. The molecule has 2 heteroatoms. The first-order valence-corrected chi connectivity index (χ1v) is 8.00. The SMILES string of the molecule is CCCC(CO)CCCCCCC(CO)CCC. The fraction of sp³-hybridized carbons (Fsp3) is 1.00. The van der Waals surface area contributed by atoms with Crippen LogP contribution in [-0.4, -0.2) is 23.4 Å². The van der Waals surface area contributed by atoms with E-state index in [1.54, 1.807) is 0 Å². The zero-order chi connectivity index (χ0) is 13.6. The molecule has 0 bridgehead atoms. The van der Waals surface area contributed by atoms with Crippen LogP contribution in [0.3, 0.4) is 0 Å². The van der Waals surface area contributed by atoms with E-state index in [9.17, 15) is 10.2 Å². The predicted octanol–water partition coefficient (Wildman–Crippen LogP) is 4.14. The summed E-state index contributed by atoms with van der Waals surface area (Å²) in [6, 6.07) is 0. The predicted molar refractivity (Wildman–Crippen MR) is 78.7 cm³/mol. The van der Waals surface area contributed by atoms with Crippen molar-refractivity contribution >= 4 is 0 Å². The Labute approximate surface area is 114 Å². The van der Waals surface area contributed by atoms with E-state index in [-0.39, 0.29) is 0 Å². The smallest absolute Gasteiger partial charge is 0.0459 e. The van der Waals surface area contributed by atoms with Crippen molar-refractivity contribution in [2.45, 2.75) is 78.1 Å². The van der Waals surface area contributed by atoms with E-state index in [1.807, 2.05) is 0 Å². The van der Waals surface area contributed by atoms with Gasteiger partial charge in [-0.15, -0.1) is 0 Å². The molecule has 0 aromatic carbocycles. The first kappa shape index (κ1) is 17.9. The number of unbranched alkanes of at least 4 members (excludes halogenated alkanes) is 3. The Kier molecular flexibility index (Phi) is 13.3. The summed E-state index contributed by atoms with van der Waals surface area (Å²) in [5, 5.41) is 18.4. The van der Waals surface area contributed by atoms with Crippen LogP contribution in [0.1, 0.15) is 78.1 Å². The summed E-state index contributed by atoms with van der Waals surface area (Å²) in [5.74, 6) is 1.06. The van der Waals surface area contributed by atoms with Crippen LogP contribution in [0.2, 0.25) is 0 Å². The molecule has 0 aliphatic heterocycles. The standard InChI is InChI=1S/C16H34O2/c1-3-9-15(13-17)11-7-5-6-8-12-16(14-18)10-4-2/h15-18H,3-14H2,1-2H3. The van der Waals surface area contributed by atoms with Crippen molar-refractivity contribution in [3.05, 3.63) is 0 Å². The summed E-state index contributed by atoms with van der Waals surface area (Å²) in [4.78, 5) is 0. The summed E-state index contributed by atoms with van der Waals surface area (Å²) >= 11 is 0. The molecule has 0 aliphatic rings. The summed E-state index contributed by atoms with van der Waals surface area (Å²) < 4.78 is 0. The van der Waals surface area contributed by atoms with Crippen molar-refractivity contribution in [2.24, 2.45) is 11.8 Å². The van der Waals surface area contributed by atoms with E-state index in [2.05, 4.69) is 13.8 Å². The van der Waals surface area contributed by atoms with Gasteiger partial charge in [0.1, 0.15) is 0 Å². The monoisotopic (exact) mass is 258 g/mol. The van der Waals surface area contributed by atoms with E-state index >= 15 is 0 Å². The normalized spacial score (nSPS) is 14.7. The first-order valence-electron chi connectivity index (χ1n) is 8.00. The maximum atomic E-state index is 9.20.